The van der Waals surface area contributed by atoms with Crippen molar-refractivity contribution in [2.45, 2.75) is 33.6 Å². The smallest absolute Gasteiger partial charge is 0.552 e. The molecule has 0 N–H and O–H groups in total. The molecule has 1 aliphatic rings. The van der Waals surface area contributed by atoms with E-state index in [0.717, 1.165) is 18.9 Å². The summed E-state index contributed by atoms with van der Waals surface area (Å²) in [7, 11) is 0. The average molecular weight is 215 g/mol. The molecule has 2 heteroatoms. The van der Waals surface area contributed by atoms with Gasteiger partial charge in [0.1, 0.15) is 0 Å². The standard InChI is InChI=1S/C6H11O.C2H6.Rb/c1-6-2-4-7-5-3-6;1-2;/h4,6H,2-3,5H2,1H3;1-2H3;/q-1;;+1. The van der Waals surface area contributed by atoms with Crippen LogP contribution < -0.4 is 58.2 Å². The molecule has 1 unspecified atom stereocenters. The molecule has 1 heterocycles. The molecule has 0 saturated carbocycles. The van der Waals surface area contributed by atoms with Gasteiger partial charge in [0.05, 0.1) is 0 Å². The zero-order chi connectivity index (χ0) is 7.11. The van der Waals surface area contributed by atoms with Crippen molar-refractivity contribution in [1.82, 2.24) is 0 Å². The maximum atomic E-state index is 5.01. The van der Waals surface area contributed by atoms with Gasteiger partial charge in [0.2, 0.25) is 0 Å². The second-order valence-electron chi connectivity index (χ2n) is 2.17. The van der Waals surface area contributed by atoms with E-state index >= 15 is 0 Å². The molecule has 1 rings (SSSR count). The van der Waals surface area contributed by atoms with E-state index in [4.69, 9.17) is 4.74 Å². The first-order valence-corrected chi connectivity index (χ1v) is 3.83. The van der Waals surface area contributed by atoms with E-state index in [2.05, 4.69) is 6.92 Å². The Morgan fingerprint density at radius 1 is 1.40 bits per heavy atom. The molecule has 10 heavy (non-hydrogen) atoms. The van der Waals surface area contributed by atoms with Crippen LogP contribution in [0.1, 0.15) is 33.6 Å². The Labute approximate surface area is 114 Å². The number of rotatable bonds is 0. The number of ether oxygens (including phenoxy) is 1. The van der Waals surface area contributed by atoms with Crippen LogP contribution in [0.15, 0.2) is 0 Å². The molecule has 0 aromatic heterocycles. The van der Waals surface area contributed by atoms with Crippen molar-refractivity contribution in [3.05, 3.63) is 6.61 Å². The molecule has 1 aliphatic heterocycles. The Balaban J connectivity index is 0. The van der Waals surface area contributed by atoms with Gasteiger partial charge in [-0.05, 0) is 6.42 Å². The SMILES string of the molecule is CC.CC1C[CH-]OCC1.[Rb+]. The van der Waals surface area contributed by atoms with Gasteiger partial charge in [-0.2, -0.15) is 6.42 Å². The van der Waals surface area contributed by atoms with Crippen molar-refractivity contribution >= 4 is 0 Å². The summed E-state index contributed by atoms with van der Waals surface area (Å²) >= 11 is 0. The van der Waals surface area contributed by atoms with Crippen molar-refractivity contribution in [2.24, 2.45) is 5.92 Å². The van der Waals surface area contributed by atoms with E-state index in [-0.39, 0.29) is 58.2 Å². The predicted molar refractivity (Wildman–Crippen MR) is 40.0 cm³/mol. The molecule has 1 nitrogen and oxygen atoms in total. The summed E-state index contributed by atoms with van der Waals surface area (Å²) in [6.45, 7) is 9.09. The van der Waals surface area contributed by atoms with E-state index < -0.39 is 0 Å². The molecule has 0 bridgehead atoms. The van der Waals surface area contributed by atoms with Crippen molar-refractivity contribution in [2.75, 3.05) is 6.61 Å². The molecular formula is C8H17ORb. The summed E-state index contributed by atoms with van der Waals surface area (Å²) in [5.41, 5.74) is 0. The summed E-state index contributed by atoms with van der Waals surface area (Å²) in [4.78, 5) is 0. The van der Waals surface area contributed by atoms with Gasteiger partial charge >= 0.3 is 58.2 Å². The minimum Gasteiger partial charge on any atom is -0.552 e. The van der Waals surface area contributed by atoms with Crippen LogP contribution in [0, 0.1) is 12.5 Å². The quantitative estimate of drug-likeness (QED) is 0.500. The summed E-state index contributed by atoms with van der Waals surface area (Å²) < 4.78 is 5.01. The minimum atomic E-state index is 0. The van der Waals surface area contributed by atoms with Crippen LogP contribution in [-0.4, -0.2) is 6.61 Å². The normalized spacial score (nSPS) is 23.7. The van der Waals surface area contributed by atoms with E-state index in [1.54, 1.807) is 0 Å². The van der Waals surface area contributed by atoms with Gasteiger partial charge in [-0.3, -0.25) is 0 Å². The van der Waals surface area contributed by atoms with Crippen LogP contribution in [0.2, 0.25) is 0 Å². The molecule has 0 amide bonds. The topological polar surface area (TPSA) is 9.23 Å². The third-order valence-electron chi connectivity index (χ3n) is 1.34. The average Bonchev–Trinajstić information content (AvgIpc) is 1.94. The Morgan fingerprint density at radius 2 is 2.00 bits per heavy atom. The zero-order valence-electron chi connectivity index (χ0n) is 7.68. The fourth-order valence-corrected chi connectivity index (χ4v) is 0.703. The van der Waals surface area contributed by atoms with Crippen LogP contribution in [0.4, 0.5) is 0 Å². The Hall–Kier alpha value is 1.77. The molecule has 0 radical (unpaired) electrons. The molecule has 0 aromatic rings. The third kappa shape index (κ3) is 7.87. The van der Waals surface area contributed by atoms with E-state index in [0.29, 0.717) is 0 Å². The summed E-state index contributed by atoms with van der Waals surface area (Å²) in [5, 5.41) is 0. The Morgan fingerprint density at radius 3 is 2.20 bits per heavy atom. The molecule has 0 spiro atoms. The third-order valence-corrected chi connectivity index (χ3v) is 1.34. The van der Waals surface area contributed by atoms with Crippen LogP contribution in [0.3, 0.4) is 0 Å². The fourth-order valence-electron chi connectivity index (χ4n) is 0.703. The molecule has 1 fully saturated rings. The van der Waals surface area contributed by atoms with Gasteiger partial charge in [0.25, 0.3) is 0 Å². The maximum Gasteiger partial charge on any atom is 1.00 e. The second kappa shape index (κ2) is 10.8. The van der Waals surface area contributed by atoms with Crippen LogP contribution in [0.25, 0.3) is 0 Å². The molecule has 56 valence electrons. The molecule has 0 aromatic carbocycles. The second-order valence-corrected chi connectivity index (χ2v) is 2.17. The van der Waals surface area contributed by atoms with Crippen LogP contribution in [0.5, 0.6) is 0 Å². The van der Waals surface area contributed by atoms with Gasteiger partial charge in [-0.1, -0.05) is 26.7 Å². The molecule has 1 atom stereocenters. The van der Waals surface area contributed by atoms with Crippen LogP contribution >= 0.6 is 0 Å². The van der Waals surface area contributed by atoms with Gasteiger partial charge in [-0.25, -0.2) is 6.61 Å². The Bertz CT molecular complexity index is 51.2. The Kier molecular flexibility index (Phi) is 15.4. The number of hydrogen-bond acceptors (Lipinski definition) is 1. The largest absolute Gasteiger partial charge is 1.00 e. The van der Waals surface area contributed by atoms with Crippen molar-refractivity contribution in [3.8, 4) is 0 Å². The van der Waals surface area contributed by atoms with Gasteiger partial charge in [0, 0.05) is 6.61 Å². The van der Waals surface area contributed by atoms with Gasteiger partial charge in [0.15, 0.2) is 0 Å². The van der Waals surface area contributed by atoms with Crippen molar-refractivity contribution in [3.63, 3.8) is 0 Å². The summed E-state index contributed by atoms with van der Waals surface area (Å²) in [5.74, 6) is 0.855. The summed E-state index contributed by atoms with van der Waals surface area (Å²) in [6.07, 6.45) is 2.37. The van der Waals surface area contributed by atoms with Crippen LogP contribution in [-0.2, 0) is 4.74 Å². The molecular weight excluding hydrogens is 198 g/mol. The van der Waals surface area contributed by atoms with E-state index in [1.165, 1.54) is 6.42 Å². The van der Waals surface area contributed by atoms with Crippen molar-refractivity contribution in [1.29, 1.82) is 0 Å². The van der Waals surface area contributed by atoms with Gasteiger partial charge < -0.3 is 4.74 Å². The first kappa shape index (κ1) is 14.3. The molecule has 0 aliphatic carbocycles. The van der Waals surface area contributed by atoms with Crippen molar-refractivity contribution < 1.29 is 62.9 Å². The zero-order valence-corrected chi connectivity index (χ0v) is 12.6. The predicted octanol–water partition coefficient (Wildman–Crippen LogP) is -0.375. The summed E-state index contributed by atoms with van der Waals surface area (Å²) in [6, 6.07) is 0. The monoisotopic (exact) mass is 214 g/mol. The fraction of sp³-hybridized carbons (Fsp3) is 0.875. The maximum absolute atomic E-state index is 5.01. The van der Waals surface area contributed by atoms with E-state index in [1.807, 2.05) is 20.5 Å². The van der Waals surface area contributed by atoms with E-state index in [9.17, 15) is 0 Å². The van der Waals surface area contributed by atoms with Gasteiger partial charge in [-0.15, -0.1) is 0 Å². The minimum absolute atomic E-state index is 0. The number of hydrogen-bond donors (Lipinski definition) is 0. The molecule has 1 saturated heterocycles. The first-order valence-electron chi connectivity index (χ1n) is 3.83. The first-order chi connectivity index (χ1) is 4.39.